The van der Waals surface area contributed by atoms with Gasteiger partial charge in [0.15, 0.2) is 11.5 Å². The van der Waals surface area contributed by atoms with E-state index in [1.54, 1.807) is 20.3 Å². The second-order valence-corrected chi connectivity index (χ2v) is 11.7. The third kappa shape index (κ3) is 8.16. The van der Waals surface area contributed by atoms with Crippen LogP contribution in [0.4, 0.5) is 5.69 Å². The van der Waals surface area contributed by atoms with Crippen LogP contribution in [0.5, 0.6) is 17.2 Å². The minimum atomic E-state index is -1.05. The van der Waals surface area contributed by atoms with Crippen molar-refractivity contribution < 1.29 is 33.7 Å². The standard InChI is InChI=1S/C32H33N3O7S2/c1-34(2)15-16-42-25-11-7-21(22-8-12-26(40-3)27(18-22)41-4)17-23(25)19-28-30(37)35(32(43)44-28)14-13-29(36)33-24-9-5-20(6-10-24)31(38)39/h5-12,17-19H,13-16H2,1-4H3,(H,33,36)(H,38,39). The number of benzene rings is 3. The Balaban J connectivity index is 1.52. The van der Waals surface area contributed by atoms with Crippen molar-refractivity contribution >= 4 is 57.8 Å². The number of methoxy groups -OCH3 is 2. The van der Waals surface area contributed by atoms with Gasteiger partial charge in [-0.25, -0.2) is 4.79 Å². The summed E-state index contributed by atoms with van der Waals surface area (Å²) in [6.45, 7) is 1.27. The number of amides is 2. The van der Waals surface area contributed by atoms with Crippen LogP contribution in [0.25, 0.3) is 17.2 Å². The van der Waals surface area contributed by atoms with Crippen LogP contribution < -0.4 is 19.5 Å². The number of aromatic carboxylic acids is 1. The van der Waals surface area contributed by atoms with Crippen molar-refractivity contribution in [3.05, 3.63) is 76.7 Å². The van der Waals surface area contributed by atoms with Crippen molar-refractivity contribution in [2.45, 2.75) is 6.42 Å². The zero-order chi connectivity index (χ0) is 31.8. The van der Waals surface area contributed by atoms with E-state index in [-0.39, 0.29) is 30.3 Å². The Labute approximate surface area is 265 Å². The van der Waals surface area contributed by atoms with Gasteiger partial charge in [0.05, 0.1) is 24.7 Å². The van der Waals surface area contributed by atoms with Crippen LogP contribution in [0, 0.1) is 0 Å². The van der Waals surface area contributed by atoms with Gasteiger partial charge < -0.3 is 29.5 Å². The van der Waals surface area contributed by atoms with E-state index >= 15 is 0 Å². The average molecular weight is 636 g/mol. The Morgan fingerprint density at radius 1 is 0.977 bits per heavy atom. The summed E-state index contributed by atoms with van der Waals surface area (Å²) in [4.78, 5) is 40.8. The molecule has 0 unspecified atom stereocenters. The number of thiocarbonyl (C=S) groups is 1. The van der Waals surface area contributed by atoms with E-state index in [1.165, 1.54) is 40.9 Å². The first-order valence-corrected chi connectivity index (χ1v) is 14.8. The van der Waals surface area contributed by atoms with Crippen molar-refractivity contribution in [1.29, 1.82) is 0 Å². The fourth-order valence-corrected chi connectivity index (χ4v) is 5.59. The first-order valence-electron chi connectivity index (χ1n) is 13.6. The molecule has 12 heteroatoms. The first-order chi connectivity index (χ1) is 21.1. The normalized spacial score (nSPS) is 13.8. The largest absolute Gasteiger partial charge is 0.493 e. The Bertz CT molecular complexity index is 1590. The minimum Gasteiger partial charge on any atom is -0.493 e. The maximum atomic E-state index is 13.4. The molecule has 10 nitrogen and oxygen atoms in total. The quantitative estimate of drug-likeness (QED) is 0.191. The van der Waals surface area contributed by atoms with Crippen LogP contribution in [0.3, 0.4) is 0 Å². The lowest BCUT2D eigenvalue weighted by Crippen LogP contribution is -2.31. The third-order valence-corrected chi connectivity index (χ3v) is 8.04. The van der Waals surface area contributed by atoms with Gasteiger partial charge in [0.2, 0.25) is 5.91 Å². The van der Waals surface area contributed by atoms with E-state index in [9.17, 15) is 14.4 Å². The number of hydrogen-bond acceptors (Lipinski definition) is 9. The van der Waals surface area contributed by atoms with Gasteiger partial charge in [-0.2, -0.15) is 0 Å². The highest BCUT2D eigenvalue weighted by Crippen LogP contribution is 2.37. The lowest BCUT2D eigenvalue weighted by molar-refractivity contribution is -0.122. The van der Waals surface area contributed by atoms with Gasteiger partial charge in [0, 0.05) is 30.8 Å². The van der Waals surface area contributed by atoms with Gasteiger partial charge in [0.25, 0.3) is 5.91 Å². The molecule has 230 valence electrons. The Hall–Kier alpha value is -4.39. The van der Waals surface area contributed by atoms with Gasteiger partial charge in [-0.15, -0.1) is 0 Å². The summed E-state index contributed by atoms with van der Waals surface area (Å²) in [5, 5.41) is 11.8. The number of carbonyl (C=O) groups is 3. The number of anilines is 1. The molecule has 0 radical (unpaired) electrons. The molecule has 4 rings (SSSR count). The van der Waals surface area contributed by atoms with Crippen molar-refractivity contribution in [3.63, 3.8) is 0 Å². The number of carbonyl (C=O) groups excluding carboxylic acids is 2. The molecule has 1 fully saturated rings. The fourth-order valence-electron chi connectivity index (χ4n) is 4.29. The van der Waals surface area contributed by atoms with E-state index in [2.05, 4.69) is 5.32 Å². The van der Waals surface area contributed by atoms with Gasteiger partial charge in [-0.1, -0.05) is 36.1 Å². The highest BCUT2D eigenvalue weighted by atomic mass is 32.2. The maximum Gasteiger partial charge on any atom is 0.335 e. The van der Waals surface area contributed by atoms with Crippen LogP contribution >= 0.6 is 24.0 Å². The van der Waals surface area contributed by atoms with Crippen molar-refractivity contribution in [1.82, 2.24) is 9.80 Å². The second-order valence-electron chi connectivity index (χ2n) is 9.99. The number of nitrogens with zero attached hydrogens (tertiary/aromatic N) is 2. The van der Waals surface area contributed by atoms with Gasteiger partial charge in [0.1, 0.15) is 16.7 Å². The summed E-state index contributed by atoms with van der Waals surface area (Å²) in [6.07, 6.45) is 1.77. The number of ether oxygens (including phenoxy) is 3. The number of likely N-dealkylation sites (N-methyl/N-ethyl adjacent to an activating group) is 1. The molecule has 0 aliphatic carbocycles. The number of rotatable bonds is 13. The second kappa shape index (κ2) is 14.9. The molecule has 1 aliphatic heterocycles. The third-order valence-electron chi connectivity index (χ3n) is 6.66. The highest BCUT2D eigenvalue weighted by molar-refractivity contribution is 8.26. The zero-order valence-electron chi connectivity index (χ0n) is 24.8. The molecule has 0 spiro atoms. The van der Waals surface area contributed by atoms with E-state index in [0.717, 1.165) is 11.1 Å². The van der Waals surface area contributed by atoms with E-state index in [4.69, 9.17) is 31.5 Å². The Morgan fingerprint density at radius 3 is 2.27 bits per heavy atom. The van der Waals surface area contributed by atoms with E-state index < -0.39 is 5.97 Å². The molecule has 3 aromatic carbocycles. The molecule has 2 N–H and O–H groups in total. The molecule has 0 aromatic heterocycles. The molecule has 0 bridgehead atoms. The van der Waals surface area contributed by atoms with E-state index in [1.807, 2.05) is 55.4 Å². The number of thioether (sulfide) groups is 1. The lowest BCUT2D eigenvalue weighted by atomic mass is 10.0. The molecule has 44 heavy (non-hydrogen) atoms. The Morgan fingerprint density at radius 2 is 1.64 bits per heavy atom. The van der Waals surface area contributed by atoms with Gasteiger partial charge >= 0.3 is 5.97 Å². The SMILES string of the molecule is COc1ccc(-c2ccc(OCCN(C)C)c(C=C3SC(=S)N(CCC(=O)Nc4ccc(C(=O)O)cc4)C3=O)c2)cc1OC. The summed E-state index contributed by atoms with van der Waals surface area (Å²) in [7, 11) is 7.09. The van der Waals surface area contributed by atoms with Gasteiger partial charge in [-0.05, 0) is 79.8 Å². The monoisotopic (exact) mass is 635 g/mol. The predicted molar refractivity (Wildman–Crippen MR) is 176 cm³/mol. The molecular weight excluding hydrogens is 603 g/mol. The number of hydrogen-bond donors (Lipinski definition) is 2. The molecule has 1 heterocycles. The van der Waals surface area contributed by atoms with E-state index in [0.29, 0.717) is 50.9 Å². The Kier molecular flexibility index (Phi) is 11.0. The summed E-state index contributed by atoms with van der Waals surface area (Å²) in [5.41, 5.74) is 3.07. The summed E-state index contributed by atoms with van der Waals surface area (Å²) in [5.74, 6) is 0.160. The molecule has 0 atom stereocenters. The summed E-state index contributed by atoms with van der Waals surface area (Å²) < 4.78 is 17.3. The van der Waals surface area contributed by atoms with Crippen molar-refractivity contribution in [2.75, 3.05) is 53.3 Å². The number of carboxylic acid groups (broad SMARTS) is 1. The van der Waals surface area contributed by atoms with Gasteiger partial charge in [-0.3, -0.25) is 14.5 Å². The average Bonchev–Trinajstić information content (AvgIpc) is 3.27. The molecule has 1 aliphatic rings. The molecule has 2 amide bonds. The lowest BCUT2D eigenvalue weighted by Gasteiger charge is -2.15. The smallest absolute Gasteiger partial charge is 0.335 e. The number of nitrogens with one attached hydrogen (secondary N) is 1. The fraction of sp³-hybridized carbons (Fsp3) is 0.250. The summed E-state index contributed by atoms with van der Waals surface area (Å²) in [6, 6.07) is 17.3. The first kappa shape index (κ1) is 32.5. The number of carboxylic acids is 1. The predicted octanol–water partition coefficient (Wildman–Crippen LogP) is 5.24. The topological polar surface area (TPSA) is 118 Å². The minimum absolute atomic E-state index is 0.00802. The highest BCUT2D eigenvalue weighted by Gasteiger charge is 2.32. The zero-order valence-corrected chi connectivity index (χ0v) is 26.4. The molecule has 3 aromatic rings. The molecule has 1 saturated heterocycles. The van der Waals surface area contributed by atoms with Crippen LogP contribution in [-0.4, -0.2) is 85.0 Å². The maximum absolute atomic E-state index is 13.4. The molecule has 0 saturated carbocycles. The molecular formula is C32H33N3O7S2. The van der Waals surface area contributed by atoms with Crippen LogP contribution in [0.2, 0.25) is 0 Å². The van der Waals surface area contributed by atoms with Crippen LogP contribution in [0.1, 0.15) is 22.3 Å². The summed E-state index contributed by atoms with van der Waals surface area (Å²) >= 11 is 6.66. The van der Waals surface area contributed by atoms with Crippen molar-refractivity contribution in [2.24, 2.45) is 0 Å². The van der Waals surface area contributed by atoms with Crippen molar-refractivity contribution in [3.8, 4) is 28.4 Å². The van der Waals surface area contributed by atoms with Crippen LogP contribution in [-0.2, 0) is 9.59 Å². The van der Waals surface area contributed by atoms with Crippen LogP contribution in [0.15, 0.2) is 65.6 Å².